The second-order valence-electron chi connectivity index (χ2n) is 6.85. The van der Waals surface area contributed by atoms with Crippen molar-refractivity contribution in [3.05, 3.63) is 41.0 Å². The summed E-state index contributed by atoms with van der Waals surface area (Å²) in [6.07, 6.45) is 0. The van der Waals surface area contributed by atoms with Gasteiger partial charge in [0.2, 0.25) is 5.91 Å². The Balaban J connectivity index is 2.05. The molecular formula is C19H25ClN4O3. The summed E-state index contributed by atoms with van der Waals surface area (Å²) in [7, 11) is 3.85. The molecule has 1 aromatic heterocycles. The van der Waals surface area contributed by atoms with Crippen LogP contribution in [-0.4, -0.2) is 55.1 Å². The number of rotatable bonds is 8. The first-order valence-electron chi connectivity index (χ1n) is 8.74. The van der Waals surface area contributed by atoms with Gasteiger partial charge >= 0.3 is 0 Å². The maximum atomic E-state index is 12.5. The zero-order valence-electron chi connectivity index (χ0n) is 16.0. The van der Waals surface area contributed by atoms with Gasteiger partial charge in [-0.2, -0.15) is 0 Å². The maximum absolute atomic E-state index is 12.5. The van der Waals surface area contributed by atoms with Crippen LogP contribution in [0.1, 0.15) is 24.3 Å². The molecule has 8 heteroatoms. The molecule has 0 saturated heterocycles. The summed E-state index contributed by atoms with van der Waals surface area (Å²) in [6, 6.07) is 7.97. The molecule has 2 rings (SSSR count). The molecule has 146 valence electrons. The molecule has 1 aromatic carbocycles. The van der Waals surface area contributed by atoms with Crippen LogP contribution in [-0.2, 0) is 4.79 Å². The van der Waals surface area contributed by atoms with E-state index in [1.54, 1.807) is 18.2 Å². The van der Waals surface area contributed by atoms with E-state index in [0.29, 0.717) is 22.9 Å². The molecule has 0 spiro atoms. The summed E-state index contributed by atoms with van der Waals surface area (Å²) in [5.74, 6) is -0.390. The maximum Gasteiger partial charge on any atom is 0.274 e. The zero-order valence-corrected chi connectivity index (χ0v) is 16.7. The Morgan fingerprint density at radius 3 is 2.59 bits per heavy atom. The van der Waals surface area contributed by atoms with Crippen molar-refractivity contribution in [1.82, 2.24) is 20.7 Å². The van der Waals surface area contributed by atoms with Gasteiger partial charge in [0.1, 0.15) is 6.04 Å². The summed E-state index contributed by atoms with van der Waals surface area (Å²) in [4.78, 5) is 26.9. The van der Waals surface area contributed by atoms with Gasteiger partial charge in [0.15, 0.2) is 11.5 Å². The Hall–Kier alpha value is -2.38. The average molecular weight is 393 g/mol. The smallest absolute Gasteiger partial charge is 0.274 e. The van der Waals surface area contributed by atoms with Gasteiger partial charge in [-0.05, 0) is 32.1 Å². The number of amides is 2. The number of aromatic nitrogens is 1. The topological polar surface area (TPSA) is 87.5 Å². The molecule has 2 aromatic rings. The molecule has 0 bridgehead atoms. The Kier molecular flexibility index (Phi) is 7.38. The predicted octanol–water partition coefficient (Wildman–Crippen LogP) is 2.43. The molecule has 1 unspecified atom stereocenters. The van der Waals surface area contributed by atoms with Crippen LogP contribution in [0, 0.1) is 5.92 Å². The van der Waals surface area contributed by atoms with Crippen molar-refractivity contribution in [2.45, 2.75) is 19.9 Å². The van der Waals surface area contributed by atoms with E-state index in [0.717, 1.165) is 6.54 Å². The molecule has 1 atom stereocenters. The molecule has 7 nitrogen and oxygen atoms in total. The molecule has 0 saturated carbocycles. The van der Waals surface area contributed by atoms with Crippen molar-refractivity contribution >= 4 is 23.4 Å². The average Bonchev–Trinajstić information content (AvgIpc) is 3.09. The van der Waals surface area contributed by atoms with Crippen LogP contribution in [0.4, 0.5) is 0 Å². The highest BCUT2D eigenvalue weighted by Gasteiger charge is 2.26. The van der Waals surface area contributed by atoms with E-state index in [4.69, 9.17) is 16.1 Å². The summed E-state index contributed by atoms with van der Waals surface area (Å²) in [6.45, 7) is 4.96. The first-order valence-corrected chi connectivity index (χ1v) is 9.12. The third-order valence-electron chi connectivity index (χ3n) is 3.98. The summed E-state index contributed by atoms with van der Waals surface area (Å²) < 4.78 is 5.25. The second-order valence-corrected chi connectivity index (χ2v) is 7.25. The molecule has 2 N–H and O–H groups in total. The quantitative estimate of drug-likeness (QED) is 0.720. The van der Waals surface area contributed by atoms with Gasteiger partial charge in [0, 0.05) is 24.7 Å². The minimum Gasteiger partial charge on any atom is -0.355 e. The van der Waals surface area contributed by atoms with Crippen molar-refractivity contribution in [2.24, 2.45) is 5.92 Å². The van der Waals surface area contributed by atoms with Gasteiger partial charge in [-0.3, -0.25) is 9.59 Å². The molecular weight excluding hydrogens is 368 g/mol. The van der Waals surface area contributed by atoms with E-state index < -0.39 is 11.9 Å². The molecule has 2 amide bonds. The lowest BCUT2D eigenvalue weighted by atomic mass is 10.0. The van der Waals surface area contributed by atoms with E-state index in [1.165, 1.54) is 6.07 Å². The van der Waals surface area contributed by atoms with Gasteiger partial charge in [-0.15, -0.1) is 0 Å². The van der Waals surface area contributed by atoms with Gasteiger partial charge in [-0.25, -0.2) is 0 Å². The molecule has 0 aliphatic rings. The van der Waals surface area contributed by atoms with Gasteiger partial charge < -0.3 is 20.1 Å². The van der Waals surface area contributed by atoms with Gasteiger partial charge in [0.25, 0.3) is 5.91 Å². The second kappa shape index (κ2) is 9.53. The highest BCUT2D eigenvalue weighted by molar-refractivity contribution is 6.33. The fourth-order valence-electron chi connectivity index (χ4n) is 2.43. The van der Waals surface area contributed by atoms with Crippen molar-refractivity contribution in [3.8, 4) is 11.3 Å². The van der Waals surface area contributed by atoms with E-state index in [2.05, 4.69) is 15.8 Å². The van der Waals surface area contributed by atoms with Crippen LogP contribution in [0.3, 0.4) is 0 Å². The van der Waals surface area contributed by atoms with E-state index in [1.807, 2.05) is 38.9 Å². The van der Waals surface area contributed by atoms with Gasteiger partial charge in [0.05, 0.1) is 5.02 Å². The lowest BCUT2D eigenvalue weighted by molar-refractivity contribution is -0.123. The summed E-state index contributed by atoms with van der Waals surface area (Å²) >= 11 is 6.14. The number of nitrogens with zero attached hydrogens (tertiary/aromatic N) is 2. The van der Waals surface area contributed by atoms with Crippen LogP contribution in [0.2, 0.25) is 5.02 Å². The Bertz CT molecular complexity index is 789. The molecule has 27 heavy (non-hydrogen) atoms. The summed E-state index contributed by atoms with van der Waals surface area (Å²) in [5, 5.41) is 9.87. The lowest BCUT2D eigenvalue weighted by Crippen LogP contribution is -2.50. The van der Waals surface area contributed by atoms with Crippen LogP contribution in [0.25, 0.3) is 11.3 Å². The van der Waals surface area contributed by atoms with Crippen molar-refractivity contribution < 1.29 is 14.1 Å². The standard InChI is InChI=1S/C19H25ClN4O3/c1-12(2)17(19(26)21-9-10-24(3)4)22-18(25)15-11-16(27-23-15)13-7-5-6-8-14(13)20/h5-8,11-12,17H,9-10H2,1-4H3,(H,21,26)(H,22,25). The van der Waals surface area contributed by atoms with Crippen LogP contribution in [0.5, 0.6) is 0 Å². The number of likely N-dealkylation sites (N-methyl/N-ethyl adjacent to an activating group) is 1. The highest BCUT2D eigenvalue weighted by Crippen LogP contribution is 2.27. The fraction of sp³-hybridized carbons (Fsp3) is 0.421. The lowest BCUT2D eigenvalue weighted by Gasteiger charge is -2.21. The third kappa shape index (κ3) is 5.80. The first-order chi connectivity index (χ1) is 12.8. The Morgan fingerprint density at radius 2 is 1.96 bits per heavy atom. The largest absolute Gasteiger partial charge is 0.355 e. The first kappa shape index (κ1) is 20.9. The number of halogens is 1. The normalized spacial score (nSPS) is 12.3. The fourth-order valence-corrected chi connectivity index (χ4v) is 2.66. The van der Waals surface area contributed by atoms with Crippen LogP contribution < -0.4 is 10.6 Å². The van der Waals surface area contributed by atoms with Crippen molar-refractivity contribution in [2.75, 3.05) is 27.2 Å². The van der Waals surface area contributed by atoms with E-state index >= 15 is 0 Å². The molecule has 0 aliphatic carbocycles. The SMILES string of the molecule is CC(C)C(NC(=O)c1cc(-c2ccccc2Cl)on1)C(=O)NCCN(C)C. The third-order valence-corrected chi connectivity index (χ3v) is 4.31. The molecule has 0 fully saturated rings. The van der Waals surface area contributed by atoms with Crippen LogP contribution in [0.15, 0.2) is 34.9 Å². The number of nitrogens with one attached hydrogen (secondary N) is 2. The molecule has 0 aliphatic heterocycles. The van der Waals surface area contributed by atoms with Crippen LogP contribution >= 0.6 is 11.6 Å². The Morgan fingerprint density at radius 1 is 1.26 bits per heavy atom. The number of hydrogen-bond acceptors (Lipinski definition) is 5. The monoisotopic (exact) mass is 392 g/mol. The number of carbonyl (C=O) groups is 2. The minimum absolute atomic E-state index is 0.0803. The van der Waals surface area contributed by atoms with E-state index in [9.17, 15) is 9.59 Å². The highest BCUT2D eigenvalue weighted by atomic mass is 35.5. The van der Waals surface area contributed by atoms with E-state index in [-0.39, 0.29) is 17.5 Å². The predicted molar refractivity (Wildman–Crippen MR) is 105 cm³/mol. The van der Waals surface area contributed by atoms with Crippen molar-refractivity contribution in [3.63, 3.8) is 0 Å². The number of benzene rings is 1. The molecule has 0 radical (unpaired) electrons. The Labute approximate surface area is 164 Å². The van der Waals surface area contributed by atoms with Crippen molar-refractivity contribution in [1.29, 1.82) is 0 Å². The summed E-state index contributed by atoms with van der Waals surface area (Å²) in [5.41, 5.74) is 0.740. The number of carbonyl (C=O) groups excluding carboxylic acids is 2. The van der Waals surface area contributed by atoms with Gasteiger partial charge in [-0.1, -0.05) is 42.7 Å². The zero-order chi connectivity index (χ0) is 20.0. The minimum atomic E-state index is -0.667. The number of hydrogen-bond donors (Lipinski definition) is 2. The molecule has 1 heterocycles.